The van der Waals surface area contributed by atoms with E-state index in [2.05, 4.69) is 40.3 Å². The SMILES string of the molecule is CCc1ccc(-c2ccc(C(=O)N[C@@H](CC3=CNCN3)C(=O)N[C@H](C(=O)NO)[C@@H](C)O)cc2)cc1. The van der Waals surface area contributed by atoms with Gasteiger partial charge in [-0.15, -0.1) is 0 Å². The van der Waals surface area contributed by atoms with Crippen molar-refractivity contribution in [2.75, 3.05) is 6.67 Å². The molecule has 10 nitrogen and oxygen atoms in total. The average Bonchev–Trinajstić information content (AvgIpc) is 3.39. The highest BCUT2D eigenvalue weighted by Crippen LogP contribution is 2.21. The molecule has 0 aliphatic carbocycles. The van der Waals surface area contributed by atoms with E-state index in [-0.39, 0.29) is 6.42 Å². The topological polar surface area (TPSA) is 152 Å². The molecule has 1 aliphatic rings. The first-order valence-electron chi connectivity index (χ1n) is 11.4. The molecule has 0 fully saturated rings. The first-order valence-corrected chi connectivity index (χ1v) is 11.4. The van der Waals surface area contributed by atoms with E-state index in [1.807, 2.05) is 24.3 Å². The number of carbonyl (C=O) groups is 3. The fourth-order valence-corrected chi connectivity index (χ4v) is 3.67. The van der Waals surface area contributed by atoms with Crippen molar-refractivity contribution < 1.29 is 24.7 Å². The summed E-state index contributed by atoms with van der Waals surface area (Å²) in [7, 11) is 0. The monoisotopic (exact) mass is 481 g/mol. The molecule has 7 N–H and O–H groups in total. The molecule has 0 saturated heterocycles. The summed E-state index contributed by atoms with van der Waals surface area (Å²) in [6.07, 6.45) is 1.50. The number of hydrogen-bond donors (Lipinski definition) is 7. The number of amides is 3. The molecule has 1 aliphatic heterocycles. The largest absolute Gasteiger partial charge is 0.391 e. The van der Waals surface area contributed by atoms with Crippen LogP contribution in [0.15, 0.2) is 60.4 Å². The number of hydroxylamine groups is 1. The molecule has 0 bridgehead atoms. The molecular formula is C25H31N5O5. The van der Waals surface area contributed by atoms with Gasteiger partial charge in [-0.1, -0.05) is 43.3 Å². The molecule has 186 valence electrons. The van der Waals surface area contributed by atoms with Crippen LogP contribution in [-0.4, -0.2) is 52.9 Å². The first kappa shape index (κ1) is 25.7. The highest BCUT2D eigenvalue weighted by atomic mass is 16.5. The Labute approximate surface area is 203 Å². The zero-order chi connectivity index (χ0) is 25.4. The summed E-state index contributed by atoms with van der Waals surface area (Å²) >= 11 is 0. The highest BCUT2D eigenvalue weighted by molar-refractivity contribution is 5.98. The Morgan fingerprint density at radius 2 is 1.60 bits per heavy atom. The molecule has 3 rings (SSSR count). The third kappa shape index (κ3) is 6.81. The lowest BCUT2D eigenvalue weighted by Crippen LogP contribution is -2.57. The lowest BCUT2D eigenvalue weighted by Gasteiger charge is -2.24. The van der Waals surface area contributed by atoms with Crippen molar-refractivity contribution in [2.24, 2.45) is 0 Å². The van der Waals surface area contributed by atoms with Crippen molar-refractivity contribution in [3.05, 3.63) is 71.6 Å². The van der Waals surface area contributed by atoms with Crippen molar-refractivity contribution in [1.29, 1.82) is 0 Å². The minimum Gasteiger partial charge on any atom is -0.391 e. The summed E-state index contributed by atoms with van der Waals surface area (Å²) in [5.74, 6) is -2.12. The van der Waals surface area contributed by atoms with E-state index >= 15 is 0 Å². The van der Waals surface area contributed by atoms with Gasteiger partial charge in [0.15, 0.2) is 0 Å². The lowest BCUT2D eigenvalue weighted by molar-refractivity contribution is -0.138. The van der Waals surface area contributed by atoms with Crippen LogP contribution in [0.5, 0.6) is 0 Å². The molecule has 35 heavy (non-hydrogen) atoms. The van der Waals surface area contributed by atoms with Gasteiger partial charge in [-0.2, -0.15) is 0 Å². The van der Waals surface area contributed by atoms with Crippen LogP contribution in [0.3, 0.4) is 0 Å². The van der Waals surface area contributed by atoms with Crippen LogP contribution in [0.4, 0.5) is 0 Å². The van der Waals surface area contributed by atoms with Gasteiger partial charge in [0, 0.05) is 23.9 Å². The number of nitrogens with one attached hydrogen (secondary N) is 5. The third-order valence-corrected chi connectivity index (χ3v) is 5.76. The van der Waals surface area contributed by atoms with Gasteiger partial charge in [-0.05, 0) is 42.2 Å². The number of benzene rings is 2. The highest BCUT2D eigenvalue weighted by Gasteiger charge is 2.30. The Kier molecular flexibility index (Phi) is 8.82. The fraction of sp³-hybridized carbons (Fsp3) is 0.320. The summed E-state index contributed by atoms with van der Waals surface area (Å²) in [4.78, 5) is 37.7. The van der Waals surface area contributed by atoms with Crippen LogP contribution in [0, 0.1) is 0 Å². The Morgan fingerprint density at radius 1 is 0.971 bits per heavy atom. The Morgan fingerprint density at radius 3 is 2.11 bits per heavy atom. The number of hydrogen-bond acceptors (Lipinski definition) is 7. The fourth-order valence-electron chi connectivity index (χ4n) is 3.67. The molecule has 0 saturated carbocycles. The van der Waals surface area contributed by atoms with E-state index in [4.69, 9.17) is 5.21 Å². The zero-order valence-electron chi connectivity index (χ0n) is 19.7. The average molecular weight is 482 g/mol. The zero-order valence-corrected chi connectivity index (χ0v) is 19.7. The van der Waals surface area contributed by atoms with Gasteiger partial charge >= 0.3 is 0 Å². The van der Waals surface area contributed by atoms with Crippen molar-refractivity contribution in [3.63, 3.8) is 0 Å². The van der Waals surface area contributed by atoms with Gasteiger partial charge in [0.1, 0.15) is 12.1 Å². The molecule has 0 spiro atoms. The maximum Gasteiger partial charge on any atom is 0.268 e. The maximum absolute atomic E-state index is 13.0. The second kappa shape index (κ2) is 12.0. The van der Waals surface area contributed by atoms with Gasteiger partial charge in [-0.3, -0.25) is 19.6 Å². The standard InChI is InChI=1S/C25H31N5O5/c1-3-16-4-6-17(7-5-16)18-8-10-19(11-9-18)23(32)28-21(12-20-13-26-14-27-20)24(33)29-22(15(2)31)25(34)30-35/h4-11,13,15,21-22,26-27,31,35H,3,12,14H2,1-2H3,(H,28,32)(H,29,33)(H,30,34)/t15-,21+,22+/m1/s1. The number of carbonyl (C=O) groups excluding carboxylic acids is 3. The van der Waals surface area contributed by atoms with E-state index in [9.17, 15) is 19.5 Å². The maximum atomic E-state index is 13.0. The molecule has 2 aromatic carbocycles. The smallest absolute Gasteiger partial charge is 0.268 e. The summed E-state index contributed by atoms with van der Waals surface area (Å²) in [5, 5.41) is 29.8. The van der Waals surface area contributed by atoms with E-state index < -0.39 is 35.9 Å². The second-order valence-corrected chi connectivity index (χ2v) is 8.29. The Bertz CT molecular complexity index is 1070. The van der Waals surface area contributed by atoms with E-state index in [1.54, 1.807) is 18.3 Å². The third-order valence-electron chi connectivity index (χ3n) is 5.76. The van der Waals surface area contributed by atoms with Crippen molar-refractivity contribution in [3.8, 4) is 11.1 Å². The van der Waals surface area contributed by atoms with Gasteiger partial charge in [0.2, 0.25) is 5.91 Å². The molecule has 0 radical (unpaired) electrons. The van der Waals surface area contributed by atoms with Crippen LogP contribution in [0.25, 0.3) is 11.1 Å². The van der Waals surface area contributed by atoms with Crippen LogP contribution in [0.1, 0.15) is 36.2 Å². The number of aliphatic hydroxyl groups excluding tert-OH is 1. The van der Waals surface area contributed by atoms with Crippen LogP contribution in [0.2, 0.25) is 0 Å². The Balaban J connectivity index is 1.74. The van der Waals surface area contributed by atoms with Gasteiger partial charge in [0.05, 0.1) is 12.8 Å². The predicted molar refractivity (Wildman–Crippen MR) is 130 cm³/mol. The number of aliphatic hydroxyl groups is 1. The van der Waals surface area contributed by atoms with Crippen LogP contribution >= 0.6 is 0 Å². The summed E-state index contributed by atoms with van der Waals surface area (Å²) < 4.78 is 0. The van der Waals surface area contributed by atoms with Gasteiger partial charge in [0.25, 0.3) is 11.8 Å². The second-order valence-electron chi connectivity index (χ2n) is 8.29. The predicted octanol–water partition coefficient (Wildman–Crippen LogP) is 0.767. The Hall–Kier alpha value is -3.89. The van der Waals surface area contributed by atoms with E-state index in [0.717, 1.165) is 17.5 Å². The molecule has 10 heteroatoms. The summed E-state index contributed by atoms with van der Waals surface area (Å²) in [6.45, 7) is 3.88. The van der Waals surface area contributed by atoms with E-state index in [0.29, 0.717) is 17.9 Å². The minimum atomic E-state index is -1.39. The van der Waals surface area contributed by atoms with E-state index in [1.165, 1.54) is 18.0 Å². The van der Waals surface area contributed by atoms with Crippen LogP contribution in [-0.2, 0) is 16.0 Å². The number of aryl methyl sites for hydroxylation is 1. The van der Waals surface area contributed by atoms with Crippen molar-refractivity contribution in [2.45, 2.75) is 44.9 Å². The number of rotatable bonds is 10. The van der Waals surface area contributed by atoms with Crippen molar-refractivity contribution in [1.82, 2.24) is 26.7 Å². The molecule has 2 aromatic rings. The first-order chi connectivity index (χ1) is 16.8. The minimum absolute atomic E-state index is 0.125. The summed E-state index contributed by atoms with van der Waals surface area (Å²) in [5.41, 5.74) is 5.71. The molecular weight excluding hydrogens is 450 g/mol. The molecule has 3 atom stereocenters. The molecule has 0 aromatic heterocycles. The van der Waals surface area contributed by atoms with Crippen molar-refractivity contribution >= 4 is 17.7 Å². The quantitative estimate of drug-likeness (QED) is 0.196. The van der Waals surface area contributed by atoms with Crippen LogP contribution < -0.4 is 26.7 Å². The summed E-state index contributed by atoms with van der Waals surface area (Å²) in [6, 6.07) is 12.8. The van der Waals surface area contributed by atoms with Gasteiger partial charge < -0.3 is 26.4 Å². The lowest BCUT2D eigenvalue weighted by atomic mass is 10.0. The normalized spacial score (nSPS) is 15.0. The molecule has 3 amide bonds. The molecule has 1 heterocycles. The van der Waals surface area contributed by atoms with Gasteiger partial charge in [-0.25, -0.2) is 5.48 Å². The molecule has 0 unspecified atom stereocenters.